The summed E-state index contributed by atoms with van der Waals surface area (Å²) in [5, 5.41) is 7.50. The van der Waals surface area contributed by atoms with E-state index in [-0.39, 0.29) is 5.56 Å². The summed E-state index contributed by atoms with van der Waals surface area (Å²) in [5.41, 5.74) is 0.697. The number of aromatic nitrogens is 2. The molecule has 2 rings (SSSR count). The molecule has 0 spiro atoms. The highest BCUT2D eigenvalue weighted by Gasteiger charge is 2.20. The van der Waals surface area contributed by atoms with Gasteiger partial charge in [0, 0.05) is 32.7 Å². The second kappa shape index (κ2) is 6.72. The molecule has 1 aromatic rings. The van der Waals surface area contributed by atoms with Crippen LogP contribution in [0, 0.1) is 5.92 Å². The number of rotatable bonds is 4. The average Bonchev–Trinajstić information content (AvgIpc) is 2.41. The zero-order chi connectivity index (χ0) is 14.7. The van der Waals surface area contributed by atoms with Crippen LogP contribution in [0.3, 0.4) is 0 Å². The van der Waals surface area contributed by atoms with Gasteiger partial charge in [-0.3, -0.25) is 4.79 Å². The molecule has 1 fully saturated rings. The Hall–Kier alpha value is -0.880. The molecule has 5 nitrogen and oxygen atoms in total. The molecule has 1 aliphatic heterocycles. The molecule has 0 amide bonds. The van der Waals surface area contributed by atoms with Crippen LogP contribution >= 0.6 is 15.9 Å². The zero-order valence-corrected chi connectivity index (χ0v) is 14.0. The predicted molar refractivity (Wildman–Crippen MR) is 85.1 cm³/mol. The predicted octanol–water partition coefficient (Wildman–Crippen LogP) is 2.08. The number of anilines is 1. The summed E-state index contributed by atoms with van der Waals surface area (Å²) < 4.78 is 1.90. The van der Waals surface area contributed by atoms with Crippen molar-refractivity contribution in [3.05, 3.63) is 21.0 Å². The minimum Gasteiger partial charge on any atom is -0.380 e. The zero-order valence-electron chi connectivity index (χ0n) is 12.4. The Balaban J connectivity index is 1.93. The van der Waals surface area contributed by atoms with Gasteiger partial charge in [0.15, 0.2) is 0 Å². The number of nitrogens with one attached hydrogen (secondary N) is 1. The number of aryl methyl sites for hydroxylation is 1. The van der Waals surface area contributed by atoms with Crippen molar-refractivity contribution in [1.82, 2.24) is 14.7 Å². The van der Waals surface area contributed by atoms with E-state index in [1.54, 1.807) is 13.2 Å². The smallest absolute Gasteiger partial charge is 0.282 e. The Bertz CT molecular complexity index is 506. The van der Waals surface area contributed by atoms with Crippen LogP contribution < -0.4 is 10.9 Å². The summed E-state index contributed by atoms with van der Waals surface area (Å²) in [5.74, 6) is 0.718. The normalized spacial score (nSPS) is 17.6. The van der Waals surface area contributed by atoms with Gasteiger partial charge in [-0.15, -0.1) is 0 Å². The van der Waals surface area contributed by atoms with E-state index in [4.69, 9.17) is 0 Å². The Kier molecular flexibility index (Phi) is 5.21. The summed E-state index contributed by atoms with van der Waals surface area (Å²) in [7, 11) is 1.65. The van der Waals surface area contributed by atoms with Crippen molar-refractivity contribution in [1.29, 1.82) is 0 Å². The van der Waals surface area contributed by atoms with Gasteiger partial charge in [0.1, 0.15) is 4.47 Å². The van der Waals surface area contributed by atoms with Gasteiger partial charge in [-0.1, -0.05) is 13.8 Å². The summed E-state index contributed by atoms with van der Waals surface area (Å²) in [6.07, 6.45) is 3.93. The lowest BCUT2D eigenvalue weighted by atomic mass is 10.0. The van der Waals surface area contributed by atoms with Crippen LogP contribution in [0.2, 0.25) is 0 Å². The number of halogens is 1. The number of likely N-dealkylation sites (tertiary alicyclic amines) is 1. The van der Waals surface area contributed by atoms with Gasteiger partial charge in [0.25, 0.3) is 5.56 Å². The molecule has 0 bridgehead atoms. The molecule has 0 saturated carbocycles. The summed E-state index contributed by atoms with van der Waals surface area (Å²) >= 11 is 3.36. The van der Waals surface area contributed by atoms with E-state index in [9.17, 15) is 4.79 Å². The maximum Gasteiger partial charge on any atom is 0.282 e. The number of hydrogen-bond acceptors (Lipinski definition) is 4. The number of piperidine rings is 1. The van der Waals surface area contributed by atoms with Gasteiger partial charge < -0.3 is 10.2 Å². The molecule has 20 heavy (non-hydrogen) atoms. The fraction of sp³-hybridized carbons (Fsp3) is 0.714. The molecule has 1 saturated heterocycles. The first-order valence-corrected chi connectivity index (χ1v) is 7.97. The van der Waals surface area contributed by atoms with Crippen molar-refractivity contribution in [3.8, 4) is 0 Å². The van der Waals surface area contributed by atoms with Crippen molar-refractivity contribution in [2.24, 2.45) is 13.0 Å². The van der Waals surface area contributed by atoms with Gasteiger partial charge in [0.2, 0.25) is 0 Å². The third-order valence-electron chi connectivity index (χ3n) is 3.65. The highest BCUT2D eigenvalue weighted by atomic mass is 79.9. The van der Waals surface area contributed by atoms with E-state index in [1.807, 2.05) is 0 Å². The van der Waals surface area contributed by atoms with Gasteiger partial charge in [-0.05, 0) is 34.7 Å². The first-order valence-electron chi connectivity index (χ1n) is 7.18. The Morgan fingerprint density at radius 1 is 1.45 bits per heavy atom. The second-order valence-electron chi connectivity index (χ2n) is 5.91. The molecule has 112 valence electrons. The van der Waals surface area contributed by atoms with Crippen LogP contribution in [0.1, 0.15) is 26.7 Å². The van der Waals surface area contributed by atoms with Crippen LogP contribution in [-0.4, -0.2) is 40.4 Å². The van der Waals surface area contributed by atoms with Gasteiger partial charge in [0.05, 0.1) is 11.9 Å². The summed E-state index contributed by atoms with van der Waals surface area (Å²) in [6, 6.07) is 0.420. The molecule has 0 aliphatic carbocycles. The minimum absolute atomic E-state index is 0.104. The molecule has 0 radical (unpaired) electrons. The van der Waals surface area contributed by atoms with Crippen molar-refractivity contribution in [2.75, 3.05) is 25.0 Å². The van der Waals surface area contributed by atoms with Crippen LogP contribution in [0.15, 0.2) is 15.5 Å². The van der Waals surface area contributed by atoms with Crippen molar-refractivity contribution in [3.63, 3.8) is 0 Å². The van der Waals surface area contributed by atoms with Crippen molar-refractivity contribution < 1.29 is 0 Å². The molecular weight excluding hydrogens is 320 g/mol. The van der Waals surface area contributed by atoms with E-state index in [1.165, 1.54) is 11.2 Å². The van der Waals surface area contributed by atoms with Gasteiger partial charge in [-0.25, -0.2) is 4.68 Å². The standard InChI is InChI=1S/C14H23BrN4O/c1-10(2)9-19-6-4-11(5-7-19)17-12-8-16-18(3)14(20)13(12)15/h8,10-11,17H,4-7,9H2,1-3H3. The third-order valence-corrected chi connectivity index (χ3v) is 4.42. The fourth-order valence-corrected chi connectivity index (χ4v) is 3.08. The Morgan fingerprint density at radius 2 is 2.10 bits per heavy atom. The molecule has 2 heterocycles. The highest BCUT2D eigenvalue weighted by molar-refractivity contribution is 9.10. The topological polar surface area (TPSA) is 50.2 Å². The average molecular weight is 343 g/mol. The fourth-order valence-electron chi connectivity index (χ4n) is 2.61. The van der Waals surface area contributed by atoms with Gasteiger partial charge in [-0.2, -0.15) is 5.10 Å². The lowest BCUT2D eigenvalue weighted by Crippen LogP contribution is -2.41. The summed E-state index contributed by atoms with van der Waals surface area (Å²) in [4.78, 5) is 14.3. The lowest BCUT2D eigenvalue weighted by molar-refractivity contribution is 0.198. The van der Waals surface area contributed by atoms with Crippen LogP contribution in [0.5, 0.6) is 0 Å². The quantitative estimate of drug-likeness (QED) is 0.909. The molecular formula is C14H23BrN4O. The Morgan fingerprint density at radius 3 is 2.70 bits per heavy atom. The van der Waals surface area contributed by atoms with E-state index in [0.717, 1.165) is 37.5 Å². The second-order valence-corrected chi connectivity index (χ2v) is 6.71. The molecule has 6 heteroatoms. The molecule has 1 aliphatic rings. The lowest BCUT2D eigenvalue weighted by Gasteiger charge is -2.33. The minimum atomic E-state index is -0.104. The summed E-state index contributed by atoms with van der Waals surface area (Å²) in [6.45, 7) is 7.92. The van der Waals surface area contributed by atoms with Gasteiger partial charge >= 0.3 is 0 Å². The van der Waals surface area contributed by atoms with E-state index in [2.05, 4.69) is 45.1 Å². The molecule has 1 N–H and O–H groups in total. The highest BCUT2D eigenvalue weighted by Crippen LogP contribution is 2.21. The van der Waals surface area contributed by atoms with E-state index in [0.29, 0.717) is 10.5 Å². The van der Waals surface area contributed by atoms with Crippen molar-refractivity contribution >= 4 is 21.6 Å². The molecule has 0 unspecified atom stereocenters. The van der Waals surface area contributed by atoms with Crippen LogP contribution in [0.25, 0.3) is 0 Å². The van der Waals surface area contributed by atoms with Crippen LogP contribution in [-0.2, 0) is 7.05 Å². The first kappa shape index (κ1) is 15.5. The largest absolute Gasteiger partial charge is 0.380 e. The van der Waals surface area contributed by atoms with Crippen LogP contribution in [0.4, 0.5) is 5.69 Å². The van der Waals surface area contributed by atoms with E-state index < -0.39 is 0 Å². The monoisotopic (exact) mass is 342 g/mol. The number of nitrogens with zero attached hydrogens (tertiary/aromatic N) is 3. The van der Waals surface area contributed by atoms with Crippen molar-refractivity contribution in [2.45, 2.75) is 32.7 Å². The maximum atomic E-state index is 11.8. The maximum absolute atomic E-state index is 11.8. The molecule has 1 aromatic heterocycles. The van der Waals surface area contributed by atoms with E-state index >= 15 is 0 Å². The first-order chi connectivity index (χ1) is 9.47. The molecule has 0 aromatic carbocycles. The third kappa shape index (κ3) is 3.82. The SMILES string of the molecule is CC(C)CN1CCC(Nc2cnn(C)c(=O)c2Br)CC1. The number of hydrogen-bond donors (Lipinski definition) is 1. The Labute approximate surface area is 128 Å². The molecule has 0 atom stereocenters.